The molecule has 22 heavy (non-hydrogen) atoms. The van der Waals surface area contributed by atoms with Crippen molar-refractivity contribution in [2.75, 3.05) is 26.2 Å². The predicted octanol–water partition coefficient (Wildman–Crippen LogP) is 1.90. The van der Waals surface area contributed by atoms with Crippen LogP contribution in [0.25, 0.3) is 0 Å². The molecule has 0 saturated carbocycles. The minimum Gasteiger partial charge on any atom is -0.316 e. The first-order chi connectivity index (χ1) is 9.86. The van der Waals surface area contributed by atoms with Crippen LogP contribution in [-0.2, 0) is 10.0 Å². The molecule has 2 aliphatic rings. The van der Waals surface area contributed by atoms with Gasteiger partial charge in [0.05, 0.1) is 0 Å². The van der Waals surface area contributed by atoms with Crippen LogP contribution in [0.3, 0.4) is 0 Å². The van der Waals surface area contributed by atoms with Gasteiger partial charge in [0.1, 0.15) is 4.90 Å². The van der Waals surface area contributed by atoms with E-state index in [2.05, 4.69) is 5.32 Å². The molecule has 0 aliphatic carbocycles. The van der Waals surface area contributed by atoms with Crippen molar-refractivity contribution in [3.05, 3.63) is 29.6 Å². The van der Waals surface area contributed by atoms with Gasteiger partial charge in [0.15, 0.2) is 17.5 Å². The fraction of sp³-hybridized carbons (Fsp3) is 0.538. The number of hydrogen-bond donors (Lipinski definition) is 1. The summed E-state index contributed by atoms with van der Waals surface area (Å²) in [5, 5.41) is 3.19. The van der Waals surface area contributed by atoms with Crippen LogP contribution in [0.2, 0.25) is 0 Å². The summed E-state index contributed by atoms with van der Waals surface area (Å²) < 4.78 is 66.0. The lowest BCUT2D eigenvalue weighted by atomic mass is 9.87. The Morgan fingerprint density at radius 2 is 1.86 bits per heavy atom. The Bertz CT molecular complexity index is 678. The Hall–Kier alpha value is -0.830. The van der Waals surface area contributed by atoms with E-state index in [1.165, 1.54) is 0 Å². The first-order valence-electron chi connectivity index (χ1n) is 6.70. The lowest BCUT2D eigenvalue weighted by molar-refractivity contribution is 0.337. The van der Waals surface area contributed by atoms with Gasteiger partial charge in [-0.05, 0) is 36.9 Å². The zero-order valence-corrected chi connectivity index (χ0v) is 13.2. The average Bonchev–Trinajstić information content (AvgIpc) is 3.07. The van der Waals surface area contributed by atoms with Crippen molar-refractivity contribution in [3.8, 4) is 0 Å². The molecule has 2 heterocycles. The highest BCUT2D eigenvalue weighted by Crippen LogP contribution is 2.38. The molecule has 1 N–H and O–H groups in total. The molecule has 124 valence electrons. The fourth-order valence-electron chi connectivity index (χ4n) is 3.09. The second-order valence-electron chi connectivity index (χ2n) is 5.69. The Morgan fingerprint density at radius 1 is 1.14 bits per heavy atom. The monoisotopic (exact) mass is 356 g/mol. The predicted molar refractivity (Wildman–Crippen MR) is 76.9 cm³/mol. The Morgan fingerprint density at radius 3 is 2.50 bits per heavy atom. The minimum absolute atomic E-state index is 0. The van der Waals surface area contributed by atoms with Crippen LogP contribution in [-0.4, -0.2) is 38.9 Å². The van der Waals surface area contributed by atoms with E-state index in [4.69, 9.17) is 0 Å². The van der Waals surface area contributed by atoms with Crippen molar-refractivity contribution in [1.82, 2.24) is 9.62 Å². The molecule has 2 fully saturated rings. The molecule has 0 amide bonds. The van der Waals surface area contributed by atoms with Crippen molar-refractivity contribution in [2.45, 2.75) is 17.7 Å². The van der Waals surface area contributed by atoms with E-state index in [9.17, 15) is 21.6 Å². The number of benzene rings is 1. The molecule has 1 atom stereocenters. The Balaban J connectivity index is 0.00000176. The number of nitrogens with zero attached hydrogens (tertiary/aromatic N) is 1. The average molecular weight is 357 g/mol. The van der Waals surface area contributed by atoms with Gasteiger partial charge in [0.2, 0.25) is 10.0 Å². The maximum atomic E-state index is 13.7. The molecule has 1 unspecified atom stereocenters. The fourth-order valence-corrected chi connectivity index (χ4v) is 4.70. The topological polar surface area (TPSA) is 49.4 Å². The van der Waals surface area contributed by atoms with Crippen LogP contribution >= 0.6 is 12.4 Å². The molecule has 0 radical (unpaired) electrons. The minimum atomic E-state index is -4.15. The van der Waals surface area contributed by atoms with Crippen LogP contribution in [0.15, 0.2) is 17.0 Å². The van der Waals surface area contributed by atoms with Crippen molar-refractivity contribution in [3.63, 3.8) is 0 Å². The van der Waals surface area contributed by atoms with Gasteiger partial charge < -0.3 is 5.32 Å². The summed E-state index contributed by atoms with van der Waals surface area (Å²) in [6.45, 7) is 2.09. The van der Waals surface area contributed by atoms with Crippen LogP contribution < -0.4 is 5.32 Å². The number of hydrogen-bond acceptors (Lipinski definition) is 3. The molecular formula is C13H16ClF3N2O2S. The molecule has 1 aromatic carbocycles. The molecule has 2 aliphatic heterocycles. The second kappa shape index (κ2) is 5.99. The summed E-state index contributed by atoms with van der Waals surface area (Å²) >= 11 is 0. The third-order valence-corrected chi connectivity index (χ3v) is 6.22. The van der Waals surface area contributed by atoms with Crippen LogP contribution in [0.1, 0.15) is 12.8 Å². The van der Waals surface area contributed by atoms with Crippen molar-refractivity contribution >= 4 is 22.4 Å². The molecule has 1 spiro atoms. The van der Waals surface area contributed by atoms with Gasteiger partial charge in [-0.25, -0.2) is 21.6 Å². The van der Waals surface area contributed by atoms with Gasteiger partial charge in [-0.15, -0.1) is 12.4 Å². The summed E-state index contributed by atoms with van der Waals surface area (Å²) in [4.78, 5) is -0.801. The zero-order chi connectivity index (χ0) is 15.3. The summed E-state index contributed by atoms with van der Waals surface area (Å²) in [6, 6.07) is 1.41. The SMILES string of the molecule is Cl.O=S(=O)(c1ccc(F)c(F)c1F)N1CCC2(CCNC2)C1. The smallest absolute Gasteiger partial charge is 0.246 e. The first-order valence-corrected chi connectivity index (χ1v) is 8.14. The van der Waals surface area contributed by atoms with E-state index in [1.807, 2.05) is 0 Å². The standard InChI is InChI=1S/C13H15F3N2O2S.ClH/c14-9-1-2-10(12(16)11(9)15)21(19,20)18-6-4-13(8-18)3-5-17-7-13;/h1-2,17H,3-8H2;1H. The highest BCUT2D eigenvalue weighted by molar-refractivity contribution is 7.89. The highest BCUT2D eigenvalue weighted by Gasteiger charge is 2.45. The summed E-state index contributed by atoms with van der Waals surface area (Å²) in [7, 11) is -4.15. The first kappa shape index (κ1) is 17.5. The van der Waals surface area contributed by atoms with Gasteiger partial charge in [0.25, 0.3) is 0 Å². The van der Waals surface area contributed by atoms with Gasteiger partial charge in [-0.1, -0.05) is 0 Å². The lowest BCUT2D eigenvalue weighted by Crippen LogP contribution is -2.33. The maximum absolute atomic E-state index is 13.7. The number of halogens is 4. The summed E-state index contributed by atoms with van der Waals surface area (Å²) in [6.07, 6.45) is 1.55. The zero-order valence-electron chi connectivity index (χ0n) is 11.6. The van der Waals surface area contributed by atoms with E-state index in [0.717, 1.165) is 29.9 Å². The quantitative estimate of drug-likeness (QED) is 0.823. The number of nitrogens with one attached hydrogen (secondary N) is 1. The van der Waals surface area contributed by atoms with E-state index < -0.39 is 32.4 Å². The maximum Gasteiger partial charge on any atom is 0.246 e. The molecule has 3 rings (SSSR count). The second-order valence-corrected chi connectivity index (χ2v) is 7.60. The van der Waals surface area contributed by atoms with Crippen LogP contribution in [0.5, 0.6) is 0 Å². The number of rotatable bonds is 2. The summed E-state index contributed by atoms with van der Waals surface area (Å²) in [5.41, 5.74) is -0.123. The Labute approximate surface area is 133 Å². The lowest BCUT2D eigenvalue weighted by Gasteiger charge is -2.22. The van der Waals surface area contributed by atoms with Gasteiger partial charge in [-0.3, -0.25) is 0 Å². The van der Waals surface area contributed by atoms with Crippen LogP contribution in [0.4, 0.5) is 13.2 Å². The molecule has 9 heteroatoms. The molecule has 0 aromatic heterocycles. The Kier molecular flexibility index (Phi) is 4.77. The molecular weight excluding hydrogens is 341 g/mol. The highest BCUT2D eigenvalue weighted by atomic mass is 35.5. The number of sulfonamides is 1. The van der Waals surface area contributed by atoms with E-state index in [-0.39, 0.29) is 30.9 Å². The van der Waals surface area contributed by atoms with Crippen LogP contribution in [0, 0.1) is 22.9 Å². The largest absolute Gasteiger partial charge is 0.316 e. The molecule has 4 nitrogen and oxygen atoms in total. The van der Waals surface area contributed by atoms with E-state index in [0.29, 0.717) is 12.5 Å². The van der Waals surface area contributed by atoms with Crippen molar-refractivity contribution in [1.29, 1.82) is 0 Å². The molecule has 2 saturated heterocycles. The summed E-state index contributed by atoms with van der Waals surface area (Å²) in [5.74, 6) is -4.81. The van der Waals surface area contributed by atoms with Crippen molar-refractivity contribution < 1.29 is 21.6 Å². The normalized spacial score (nSPS) is 25.6. The van der Waals surface area contributed by atoms with E-state index >= 15 is 0 Å². The van der Waals surface area contributed by atoms with Gasteiger partial charge in [0, 0.05) is 19.6 Å². The third kappa shape index (κ3) is 2.73. The third-order valence-electron chi connectivity index (χ3n) is 4.35. The van der Waals surface area contributed by atoms with Crippen molar-refractivity contribution in [2.24, 2.45) is 5.41 Å². The van der Waals surface area contributed by atoms with E-state index in [1.54, 1.807) is 0 Å². The molecule has 1 aromatic rings. The molecule has 0 bridgehead atoms. The van der Waals surface area contributed by atoms with Gasteiger partial charge in [-0.2, -0.15) is 4.31 Å². The van der Waals surface area contributed by atoms with Gasteiger partial charge >= 0.3 is 0 Å².